The molecule has 1 aromatic carbocycles. The highest BCUT2D eigenvalue weighted by Gasteiger charge is 2.43. The Morgan fingerprint density at radius 2 is 2.03 bits per heavy atom. The van der Waals surface area contributed by atoms with Crippen LogP contribution in [0.3, 0.4) is 0 Å². The molecule has 1 amide bonds. The highest BCUT2D eigenvalue weighted by Crippen LogP contribution is 2.48. The Labute approximate surface area is 199 Å². The molecule has 1 aliphatic heterocycles. The van der Waals surface area contributed by atoms with Crippen LogP contribution in [-0.2, 0) is 16.0 Å². The van der Waals surface area contributed by atoms with Crippen LogP contribution in [0.15, 0.2) is 48.1 Å². The van der Waals surface area contributed by atoms with E-state index in [0.717, 1.165) is 58.0 Å². The largest absolute Gasteiger partial charge is 0.392 e. The van der Waals surface area contributed by atoms with E-state index in [1.54, 1.807) is 5.57 Å². The van der Waals surface area contributed by atoms with E-state index in [-0.39, 0.29) is 6.10 Å². The lowest BCUT2D eigenvalue weighted by Gasteiger charge is -2.26. The maximum atomic E-state index is 12.2. The van der Waals surface area contributed by atoms with Gasteiger partial charge in [-0.05, 0) is 69.3 Å². The maximum Gasteiger partial charge on any atom is 0.222 e. The van der Waals surface area contributed by atoms with Gasteiger partial charge in [0.25, 0.3) is 0 Å². The molecule has 0 spiro atoms. The first-order chi connectivity index (χ1) is 16.1. The number of hydrogen-bond donors (Lipinski definition) is 1. The van der Waals surface area contributed by atoms with Gasteiger partial charge >= 0.3 is 0 Å². The van der Waals surface area contributed by atoms with E-state index in [0.29, 0.717) is 43.3 Å². The lowest BCUT2D eigenvalue weighted by molar-refractivity contribution is -0.135. The number of carbonyl (C=O) groups excluding carboxylic acids is 1. The number of hydrogen-bond acceptors (Lipinski definition) is 3. The summed E-state index contributed by atoms with van der Waals surface area (Å²) in [7, 11) is 0. The molecule has 2 fully saturated rings. The SMILES string of the molecule is Cc1cccc(CCC=C[C@@H]2[C@H]3CC(CCCCCC(=O)N4CCOCC4)=C[C@H]3C[C@H]2O)c1. The fourth-order valence-corrected chi connectivity index (χ4v) is 5.94. The average molecular weight is 452 g/mol. The van der Waals surface area contributed by atoms with Gasteiger partial charge in [0.1, 0.15) is 0 Å². The van der Waals surface area contributed by atoms with E-state index < -0.39 is 0 Å². The van der Waals surface area contributed by atoms with Gasteiger partial charge in [-0.15, -0.1) is 0 Å². The van der Waals surface area contributed by atoms with Gasteiger partial charge in [-0.1, -0.05) is 60.1 Å². The van der Waals surface area contributed by atoms with Crippen molar-refractivity contribution in [3.63, 3.8) is 0 Å². The monoisotopic (exact) mass is 451 g/mol. The highest BCUT2D eigenvalue weighted by atomic mass is 16.5. The summed E-state index contributed by atoms with van der Waals surface area (Å²) < 4.78 is 5.32. The fourth-order valence-electron chi connectivity index (χ4n) is 5.94. The summed E-state index contributed by atoms with van der Waals surface area (Å²) in [5, 5.41) is 10.6. The van der Waals surface area contributed by atoms with Gasteiger partial charge in [-0.25, -0.2) is 0 Å². The molecule has 1 heterocycles. The lowest BCUT2D eigenvalue weighted by atomic mass is 9.88. The zero-order valence-corrected chi connectivity index (χ0v) is 20.3. The lowest BCUT2D eigenvalue weighted by Crippen LogP contribution is -2.40. The van der Waals surface area contributed by atoms with Crippen LogP contribution >= 0.6 is 0 Å². The van der Waals surface area contributed by atoms with Crippen molar-refractivity contribution in [3.8, 4) is 0 Å². The topological polar surface area (TPSA) is 49.8 Å². The Morgan fingerprint density at radius 1 is 1.18 bits per heavy atom. The number of aryl methyl sites for hydroxylation is 2. The van der Waals surface area contributed by atoms with Crippen molar-refractivity contribution < 1.29 is 14.6 Å². The Balaban J connectivity index is 1.14. The first-order valence-corrected chi connectivity index (χ1v) is 13.1. The summed E-state index contributed by atoms with van der Waals surface area (Å²) in [6.07, 6.45) is 16.1. The number of benzene rings is 1. The molecule has 1 aromatic rings. The first-order valence-electron chi connectivity index (χ1n) is 13.1. The zero-order valence-electron chi connectivity index (χ0n) is 20.3. The van der Waals surface area contributed by atoms with Crippen LogP contribution in [0.1, 0.15) is 62.5 Å². The summed E-state index contributed by atoms with van der Waals surface area (Å²) in [6.45, 7) is 5.01. The number of fused-ring (bicyclic) bond motifs is 1. The second kappa shape index (κ2) is 12.0. The van der Waals surface area contributed by atoms with Crippen LogP contribution < -0.4 is 0 Å². The number of allylic oxidation sites excluding steroid dienone is 3. The molecule has 4 atom stereocenters. The minimum Gasteiger partial charge on any atom is -0.392 e. The quantitative estimate of drug-likeness (QED) is 0.391. The van der Waals surface area contributed by atoms with E-state index in [1.165, 1.54) is 17.5 Å². The zero-order chi connectivity index (χ0) is 23.0. The molecule has 1 saturated carbocycles. The van der Waals surface area contributed by atoms with Crippen molar-refractivity contribution in [3.05, 3.63) is 59.2 Å². The van der Waals surface area contributed by atoms with Crippen molar-refractivity contribution in [1.82, 2.24) is 4.90 Å². The number of rotatable bonds is 10. The minimum absolute atomic E-state index is 0.195. The number of morpholine rings is 1. The van der Waals surface area contributed by atoms with Crippen LogP contribution in [0.4, 0.5) is 0 Å². The molecule has 1 N–H and O–H groups in total. The second-order valence-corrected chi connectivity index (χ2v) is 10.2. The van der Waals surface area contributed by atoms with Crippen molar-refractivity contribution in [2.75, 3.05) is 26.3 Å². The molecular formula is C29H41NO3. The molecule has 0 aromatic heterocycles. The summed E-state index contributed by atoms with van der Waals surface area (Å²) in [6, 6.07) is 8.74. The number of aliphatic hydroxyl groups is 1. The number of amides is 1. The van der Waals surface area contributed by atoms with E-state index in [1.807, 2.05) is 4.90 Å². The van der Waals surface area contributed by atoms with E-state index in [4.69, 9.17) is 4.74 Å². The Bertz CT molecular complexity index is 839. The number of ether oxygens (including phenoxy) is 1. The van der Waals surface area contributed by atoms with Crippen molar-refractivity contribution in [1.29, 1.82) is 0 Å². The predicted octanol–water partition coefficient (Wildman–Crippen LogP) is 5.24. The smallest absolute Gasteiger partial charge is 0.222 e. The maximum absolute atomic E-state index is 12.2. The summed E-state index contributed by atoms with van der Waals surface area (Å²) in [5.41, 5.74) is 4.29. The van der Waals surface area contributed by atoms with Crippen LogP contribution in [0.5, 0.6) is 0 Å². The number of nitrogens with zero attached hydrogens (tertiary/aromatic N) is 1. The number of aliphatic hydroxyl groups excluding tert-OH is 1. The Morgan fingerprint density at radius 3 is 2.85 bits per heavy atom. The molecule has 4 heteroatoms. The van der Waals surface area contributed by atoms with E-state index in [9.17, 15) is 9.90 Å². The van der Waals surface area contributed by atoms with Gasteiger partial charge in [-0.2, -0.15) is 0 Å². The summed E-state index contributed by atoms with van der Waals surface area (Å²) in [5.74, 6) is 1.71. The Hall–Kier alpha value is -1.91. The molecule has 3 aliphatic rings. The summed E-state index contributed by atoms with van der Waals surface area (Å²) >= 11 is 0. The van der Waals surface area contributed by atoms with Gasteiger partial charge in [0.15, 0.2) is 0 Å². The molecule has 180 valence electrons. The van der Waals surface area contributed by atoms with Crippen LogP contribution in [-0.4, -0.2) is 48.3 Å². The highest BCUT2D eigenvalue weighted by molar-refractivity contribution is 5.76. The standard InChI is InChI=1S/C29H41NO3/c1-22-8-7-11-23(18-22)9-5-6-12-26-27-20-24(19-25(27)21-28(26)31)10-3-2-4-13-29(32)30-14-16-33-17-15-30/h6-8,11-12,18-19,25-28,31H,2-5,9-10,13-17,20-21H2,1H3/t25-,26+,27-,28+/m0/s1. The van der Waals surface area contributed by atoms with Crippen LogP contribution in [0.25, 0.3) is 0 Å². The normalized spacial score (nSPS) is 27.2. The van der Waals surface area contributed by atoms with E-state index in [2.05, 4.69) is 49.4 Å². The van der Waals surface area contributed by atoms with Gasteiger partial charge in [-0.3, -0.25) is 4.79 Å². The second-order valence-electron chi connectivity index (χ2n) is 10.2. The van der Waals surface area contributed by atoms with Gasteiger partial charge in [0.2, 0.25) is 5.91 Å². The van der Waals surface area contributed by atoms with Gasteiger partial charge < -0.3 is 14.7 Å². The molecule has 2 aliphatic carbocycles. The van der Waals surface area contributed by atoms with Crippen LogP contribution in [0, 0.1) is 24.7 Å². The average Bonchev–Trinajstić information content (AvgIpc) is 3.33. The van der Waals surface area contributed by atoms with Crippen molar-refractivity contribution >= 4 is 5.91 Å². The molecule has 0 unspecified atom stereocenters. The first kappa shape index (κ1) is 24.2. The molecule has 1 saturated heterocycles. The number of unbranched alkanes of at least 4 members (excludes halogenated alkanes) is 2. The minimum atomic E-state index is -0.195. The molecule has 4 nitrogen and oxygen atoms in total. The molecule has 4 rings (SSSR count). The third kappa shape index (κ3) is 6.80. The molecule has 0 bridgehead atoms. The third-order valence-corrected chi connectivity index (χ3v) is 7.74. The fraction of sp³-hybridized carbons (Fsp3) is 0.621. The number of carbonyl (C=O) groups is 1. The summed E-state index contributed by atoms with van der Waals surface area (Å²) in [4.78, 5) is 14.2. The van der Waals surface area contributed by atoms with E-state index >= 15 is 0 Å². The molecule has 33 heavy (non-hydrogen) atoms. The Kier molecular flexibility index (Phi) is 8.80. The third-order valence-electron chi connectivity index (χ3n) is 7.74. The predicted molar refractivity (Wildman–Crippen MR) is 133 cm³/mol. The van der Waals surface area contributed by atoms with Crippen molar-refractivity contribution in [2.24, 2.45) is 17.8 Å². The molecular weight excluding hydrogens is 410 g/mol. The van der Waals surface area contributed by atoms with Gasteiger partial charge in [0, 0.05) is 25.4 Å². The van der Waals surface area contributed by atoms with Gasteiger partial charge in [0.05, 0.1) is 19.3 Å². The van der Waals surface area contributed by atoms with Crippen LogP contribution in [0.2, 0.25) is 0 Å². The molecule has 0 radical (unpaired) electrons. The van der Waals surface area contributed by atoms with Crippen molar-refractivity contribution in [2.45, 2.75) is 70.8 Å².